The summed E-state index contributed by atoms with van der Waals surface area (Å²) in [6.07, 6.45) is 2.60. The lowest BCUT2D eigenvalue weighted by Gasteiger charge is -2.14. The molecular formula is C20H23N3O. The predicted octanol–water partition coefficient (Wildman–Crippen LogP) is 4.39. The number of hydrogen-bond acceptors (Lipinski definition) is 3. The van der Waals surface area contributed by atoms with Crippen molar-refractivity contribution in [2.75, 3.05) is 14.1 Å². The van der Waals surface area contributed by atoms with Crippen molar-refractivity contribution in [1.82, 2.24) is 4.90 Å². The number of oxime groups is 1. The van der Waals surface area contributed by atoms with Gasteiger partial charge in [0.05, 0.1) is 17.7 Å². The quantitative estimate of drug-likeness (QED) is 0.618. The third-order valence-corrected chi connectivity index (χ3v) is 4.14. The van der Waals surface area contributed by atoms with Crippen LogP contribution >= 0.6 is 0 Å². The van der Waals surface area contributed by atoms with Gasteiger partial charge in [0.1, 0.15) is 0 Å². The monoisotopic (exact) mass is 321 g/mol. The largest absolute Gasteiger partial charge is 0.387 e. The zero-order chi connectivity index (χ0) is 17.1. The van der Waals surface area contributed by atoms with E-state index in [1.807, 2.05) is 43.5 Å². The molecule has 2 aromatic rings. The molecule has 1 aliphatic rings. The molecule has 0 N–H and O–H groups in total. The minimum absolute atomic E-state index is 0.0224. The molecule has 0 aliphatic carbocycles. The Kier molecular flexibility index (Phi) is 4.65. The van der Waals surface area contributed by atoms with Crippen LogP contribution in [0, 0.1) is 13.8 Å². The van der Waals surface area contributed by atoms with Gasteiger partial charge < -0.3 is 9.74 Å². The van der Waals surface area contributed by atoms with Crippen LogP contribution < -0.4 is 0 Å². The van der Waals surface area contributed by atoms with Gasteiger partial charge in [0.2, 0.25) is 0 Å². The van der Waals surface area contributed by atoms with Gasteiger partial charge in [0, 0.05) is 20.5 Å². The van der Waals surface area contributed by atoms with Crippen molar-refractivity contribution in [3.63, 3.8) is 0 Å². The molecule has 4 heteroatoms. The van der Waals surface area contributed by atoms with Crippen LogP contribution in [-0.2, 0) is 4.84 Å². The summed E-state index contributed by atoms with van der Waals surface area (Å²) in [6.45, 7) is 4.19. The lowest BCUT2D eigenvalue weighted by molar-refractivity contribution is 0.0852. The van der Waals surface area contributed by atoms with E-state index < -0.39 is 0 Å². The average molecular weight is 321 g/mol. The summed E-state index contributed by atoms with van der Waals surface area (Å²) in [4.78, 5) is 12.2. The van der Waals surface area contributed by atoms with Crippen molar-refractivity contribution in [2.45, 2.75) is 26.4 Å². The van der Waals surface area contributed by atoms with Gasteiger partial charge in [-0.1, -0.05) is 35.5 Å². The summed E-state index contributed by atoms with van der Waals surface area (Å²) in [5.41, 5.74) is 6.64. The molecule has 3 rings (SSSR count). The van der Waals surface area contributed by atoms with Crippen LogP contribution in [0.1, 0.15) is 34.8 Å². The van der Waals surface area contributed by atoms with Gasteiger partial charge >= 0.3 is 0 Å². The van der Waals surface area contributed by atoms with Crippen LogP contribution in [0.4, 0.5) is 5.69 Å². The molecule has 1 atom stereocenters. The summed E-state index contributed by atoms with van der Waals surface area (Å²) >= 11 is 0. The Balaban J connectivity index is 1.81. The molecule has 1 unspecified atom stereocenters. The number of aliphatic imine (C=N–C) groups is 1. The standard InChI is InChI=1S/C20H23N3O/c1-14-11-18(21-13-23(3)4)15(2)10-17(14)20-12-19(22-24-20)16-8-6-5-7-9-16/h5-11,13,20H,12H2,1-4H3/b21-13-. The molecule has 0 fully saturated rings. The second kappa shape index (κ2) is 6.87. The van der Waals surface area contributed by atoms with E-state index in [0.717, 1.165) is 28.9 Å². The van der Waals surface area contributed by atoms with Crippen molar-refractivity contribution >= 4 is 17.7 Å². The van der Waals surface area contributed by atoms with Crippen molar-refractivity contribution in [2.24, 2.45) is 10.1 Å². The predicted molar refractivity (Wildman–Crippen MR) is 99.2 cm³/mol. The lowest BCUT2D eigenvalue weighted by Crippen LogP contribution is -2.07. The molecule has 24 heavy (non-hydrogen) atoms. The van der Waals surface area contributed by atoms with Crippen LogP contribution in [0.3, 0.4) is 0 Å². The third-order valence-electron chi connectivity index (χ3n) is 4.14. The zero-order valence-electron chi connectivity index (χ0n) is 14.7. The number of nitrogens with zero attached hydrogens (tertiary/aromatic N) is 3. The van der Waals surface area contributed by atoms with Crippen molar-refractivity contribution in [1.29, 1.82) is 0 Å². The molecule has 0 bridgehead atoms. The van der Waals surface area contributed by atoms with E-state index in [4.69, 9.17) is 4.84 Å². The summed E-state index contributed by atoms with van der Waals surface area (Å²) in [7, 11) is 3.93. The second-order valence-corrected chi connectivity index (χ2v) is 6.41. The van der Waals surface area contributed by atoms with Gasteiger partial charge in [-0.15, -0.1) is 0 Å². The minimum atomic E-state index is -0.0224. The maximum absolute atomic E-state index is 5.72. The van der Waals surface area contributed by atoms with Crippen LogP contribution in [0.25, 0.3) is 0 Å². The van der Waals surface area contributed by atoms with E-state index in [-0.39, 0.29) is 6.10 Å². The Labute approximate surface area is 143 Å². The van der Waals surface area contributed by atoms with E-state index in [2.05, 4.69) is 48.3 Å². The third kappa shape index (κ3) is 3.48. The van der Waals surface area contributed by atoms with Crippen LogP contribution in [-0.4, -0.2) is 31.0 Å². The Morgan fingerprint density at radius 1 is 1.12 bits per heavy atom. The lowest BCUT2D eigenvalue weighted by atomic mass is 9.95. The highest BCUT2D eigenvalue weighted by molar-refractivity contribution is 6.01. The van der Waals surface area contributed by atoms with E-state index in [0.29, 0.717) is 0 Å². The fourth-order valence-corrected chi connectivity index (χ4v) is 2.83. The highest BCUT2D eigenvalue weighted by Crippen LogP contribution is 2.34. The van der Waals surface area contributed by atoms with Gasteiger partial charge in [0.25, 0.3) is 0 Å². The molecule has 0 saturated heterocycles. The van der Waals surface area contributed by atoms with Crippen LogP contribution in [0.2, 0.25) is 0 Å². The number of rotatable bonds is 4. The van der Waals surface area contributed by atoms with Crippen LogP contribution in [0.5, 0.6) is 0 Å². The Morgan fingerprint density at radius 3 is 2.58 bits per heavy atom. The fraction of sp³-hybridized carbons (Fsp3) is 0.300. The summed E-state index contributed by atoms with van der Waals surface area (Å²) < 4.78 is 0. The smallest absolute Gasteiger partial charge is 0.158 e. The fourth-order valence-electron chi connectivity index (χ4n) is 2.83. The molecule has 0 amide bonds. The second-order valence-electron chi connectivity index (χ2n) is 6.41. The topological polar surface area (TPSA) is 37.2 Å². The first-order valence-electron chi connectivity index (χ1n) is 8.14. The molecule has 4 nitrogen and oxygen atoms in total. The first-order valence-corrected chi connectivity index (χ1v) is 8.14. The highest BCUT2D eigenvalue weighted by Gasteiger charge is 2.25. The van der Waals surface area contributed by atoms with E-state index in [1.165, 1.54) is 11.1 Å². The number of benzene rings is 2. The molecule has 0 spiro atoms. The summed E-state index contributed by atoms with van der Waals surface area (Å²) in [5, 5.41) is 4.30. The molecule has 0 aromatic heterocycles. The first-order chi connectivity index (χ1) is 11.5. The minimum Gasteiger partial charge on any atom is -0.387 e. The molecule has 1 aliphatic heterocycles. The summed E-state index contributed by atoms with van der Waals surface area (Å²) in [6, 6.07) is 14.5. The normalized spacial score (nSPS) is 17.0. The van der Waals surface area contributed by atoms with E-state index >= 15 is 0 Å². The SMILES string of the molecule is Cc1cc(C2CC(c3ccccc3)=NO2)c(C)cc1/N=C\N(C)C. The maximum Gasteiger partial charge on any atom is 0.158 e. The zero-order valence-corrected chi connectivity index (χ0v) is 14.7. The van der Waals surface area contributed by atoms with Gasteiger partial charge in [-0.05, 0) is 48.2 Å². The Bertz CT molecular complexity index is 779. The van der Waals surface area contributed by atoms with Crippen LogP contribution in [0.15, 0.2) is 52.6 Å². The molecule has 124 valence electrons. The summed E-state index contributed by atoms with van der Waals surface area (Å²) in [5.74, 6) is 0. The first kappa shape index (κ1) is 16.2. The van der Waals surface area contributed by atoms with Crippen molar-refractivity contribution in [3.05, 3.63) is 64.7 Å². The van der Waals surface area contributed by atoms with Gasteiger partial charge in [-0.25, -0.2) is 4.99 Å². The van der Waals surface area contributed by atoms with Crippen molar-refractivity contribution in [3.8, 4) is 0 Å². The van der Waals surface area contributed by atoms with E-state index in [9.17, 15) is 0 Å². The van der Waals surface area contributed by atoms with Crippen molar-refractivity contribution < 1.29 is 4.84 Å². The Morgan fingerprint density at radius 2 is 1.88 bits per heavy atom. The number of aryl methyl sites for hydroxylation is 2. The molecule has 0 radical (unpaired) electrons. The van der Waals surface area contributed by atoms with E-state index in [1.54, 1.807) is 0 Å². The highest BCUT2D eigenvalue weighted by atomic mass is 16.6. The Hall–Kier alpha value is -2.62. The molecule has 2 aromatic carbocycles. The number of hydrogen-bond donors (Lipinski definition) is 0. The molecule has 0 saturated carbocycles. The van der Waals surface area contributed by atoms with Gasteiger partial charge in [-0.2, -0.15) is 0 Å². The molecule has 1 heterocycles. The van der Waals surface area contributed by atoms with Gasteiger partial charge in [-0.3, -0.25) is 0 Å². The average Bonchev–Trinajstić information content (AvgIpc) is 3.05. The van der Waals surface area contributed by atoms with Gasteiger partial charge in [0.15, 0.2) is 6.10 Å². The molecular weight excluding hydrogens is 298 g/mol. The maximum atomic E-state index is 5.72.